The van der Waals surface area contributed by atoms with Crippen molar-refractivity contribution >= 4 is 0 Å². The normalized spacial score (nSPS) is 23.9. The lowest BCUT2D eigenvalue weighted by Gasteiger charge is -2.37. The molecule has 2 fully saturated rings. The lowest BCUT2D eigenvalue weighted by Crippen LogP contribution is -2.45. The van der Waals surface area contributed by atoms with Crippen molar-refractivity contribution in [2.45, 2.75) is 31.9 Å². The van der Waals surface area contributed by atoms with Gasteiger partial charge in [0.2, 0.25) is 0 Å². The Morgan fingerprint density at radius 2 is 2.27 bits per heavy atom. The van der Waals surface area contributed by atoms with Gasteiger partial charge in [0.15, 0.2) is 0 Å². The predicted octanol–water partition coefficient (Wildman–Crippen LogP) is 2.75. The Bertz CT molecular complexity index is 536. The molecule has 1 aromatic carbocycles. The molecule has 1 aliphatic carbocycles. The maximum absolute atomic E-state index is 9.04. The van der Waals surface area contributed by atoms with Gasteiger partial charge in [0.05, 0.1) is 31.0 Å². The van der Waals surface area contributed by atoms with E-state index in [0.717, 1.165) is 37.8 Å². The topological polar surface area (TPSA) is 45.5 Å². The van der Waals surface area contributed by atoms with Crippen LogP contribution in [0.4, 0.5) is 0 Å². The summed E-state index contributed by atoms with van der Waals surface area (Å²) < 4.78 is 11.6. The van der Waals surface area contributed by atoms with Crippen LogP contribution >= 0.6 is 0 Å². The molecule has 2 aliphatic rings. The zero-order valence-electron chi connectivity index (χ0n) is 13.2. The summed E-state index contributed by atoms with van der Waals surface area (Å²) in [5, 5.41) is 9.04. The number of nitrogens with zero attached hydrogens (tertiary/aromatic N) is 2. The van der Waals surface area contributed by atoms with Crippen LogP contribution in [0.1, 0.15) is 36.9 Å². The fraction of sp³-hybridized carbons (Fsp3) is 0.611. The summed E-state index contributed by atoms with van der Waals surface area (Å²) in [4.78, 5) is 2.42. The van der Waals surface area contributed by atoms with E-state index in [1.807, 2.05) is 18.2 Å². The van der Waals surface area contributed by atoms with Crippen LogP contribution in [0.15, 0.2) is 24.3 Å². The third kappa shape index (κ3) is 4.07. The second-order valence-corrected chi connectivity index (χ2v) is 6.38. The van der Waals surface area contributed by atoms with Crippen molar-refractivity contribution < 1.29 is 9.47 Å². The zero-order valence-corrected chi connectivity index (χ0v) is 13.2. The lowest BCUT2D eigenvalue weighted by atomic mass is 10.0. The molecule has 3 rings (SSSR count). The Morgan fingerprint density at radius 3 is 3.05 bits per heavy atom. The molecule has 0 radical (unpaired) electrons. The first-order valence-corrected chi connectivity index (χ1v) is 8.19. The maximum atomic E-state index is 9.04. The Balaban J connectivity index is 1.54. The molecule has 0 unspecified atom stereocenters. The minimum Gasteiger partial charge on any atom is -0.378 e. The Hall–Kier alpha value is -1.41. The number of benzene rings is 1. The molecular weight excluding hydrogens is 276 g/mol. The molecular formula is C18H24N2O2. The van der Waals surface area contributed by atoms with Crippen molar-refractivity contribution in [1.29, 1.82) is 5.26 Å². The largest absolute Gasteiger partial charge is 0.378 e. The smallest absolute Gasteiger partial charge is 0.0991 e. The summed E-state index contributed by atoms with van der Waals surface area (Å²) >= 11 is 0. The van der Waals surface area contributed by atoms with Gasteiger partial charge in [-0.1, -0.05) is 12.1 Å². The third-order valence-corrected chi connectivity index (χ3v) is 4.57. The van der Waals surface area contributed by atoms with Crippen molar-refractivity contribution in [3.8, 4) is 6.07 Å². The second kappa shape index (κ2) is 7.23. The molecule has 4 heteroatoms. The van der Waals surface area contributed by atoms with E-state index >= 15 is 0 Å². The molecule has 1 aliphatic heterocycles. The summed E-state index contributed by atoms with van der Waals surface area (Å²) in [5.41, 5.74) is 1.92. The fourth-order valence-electron chi connectivity index (χ4n) is 2.92. The molecule has 0 N–H and O–H groups in total. The molecule has 0 spiro atoms. The molecule has 0 bridgehead atoms. The zero-order chi connectivity index (χ0) is 15.4. The summed E-state index contributed by atoms with van der Waals surface area (Å²) in [6, 6.07) is 10.4. The van der Waals surface area contributed by atoms with Crippen molar-refractivity contribution in [1.82, 2.24) is 4.90 Å². The molecule has 118 valence electrons. The van der Waals surface area contributed by atoms with Gasteiger partial charge < -0.3 is 9.47 Å². The molecule has 1 heterocycles. The number of hydrogen-bond donors (Lipinski definition) is 0. The van der Waals surface area contributed by atoms with Crippen LogP contribution in [0, 0.1) is 17.2 Å². The second-order valence-electron chi connectivity index (χ2n) is 6.38. The molecule has 0 aromatic heterocycles. The van der Waals surface area contributed by atoms with E-state index < -0.39 is 0 Å². The first-order chi connectivity index (χ1) is 10.8. The number of hydrogen-bond acceptors (Lipinski definition) is 4. The average molecular weight is 300 g/mol. The lowest BCUT2D eigenvalue weighted by molar-refractivity contribution is -0.0790. The van der Waals surface area contributed by atoms with Gasteiger partial charge >= 0.3 is 0 Å². The first kappa shape index (κ1) is 15.5. The molecule has 0 amide bonds. The van der Waals surface area contributed by atoms with Gasteiger partial charge in [0.1, 0.15) is 0 Å². The molecule has 4 nitrogen and oxygen atoms in total. The first-order valence-electron chi connectivity index (χ1n) is 8.19. The van der Waals surface area contributed by atoms with Gasteiger partial charge in [-0.3, -0.25) is 4.90 Å². The van der Waals surface area contributed by atoms with E-state index in [9.17, 15) is 0 Å². The van der Waals surface area contributed by atoms with Crippen LogP contribution in [-0.4, -0.2) is 43.9 Å². The van der Waals surface area contributed by atoms with E-state index in [-0.39, 0.29) is 6.10 Å². The van der Waals surface area contributed by atoms with Gasteiger partial charge in [0, 0.05) is 25.7 Å². The van der Waals surface area contributed by atoms with Crippen molar-refractivity contribution in [2.75, 3.05) is 32.9 Å². The number of ether oxygens (including phenoxy) is 2. The van der Waals surface area contributed by atoms with Crippen LogP contribution < -0.4 is 0 Å². The molecule has 1 saturated heterocycles. The fourth-order valence-corrected chi connectivity index (χ4v) is 2.92. The van der Waals surface area contributed by atoms with Crippen molar-refractivity contribution in [3.05, 3.63) is 35.4 Å². The highest BCUT2D eigenvalue weighted by Gasteiger charge is 2.26. The van der Waals surface area contributed by atoms with E-state index in [1.165, 1.54) is 18.4 Å². The number of nitriles is 1. The van der Waals surface area contributed by atoms with E-state index in [1.54, 1.807) is 0 Å². The monoisotopic (exact) mass is 300 g/mol. The van der Waals surface area contributed by atoms with E-state index in [2.05, 4.69) is 24.0 Å². The Kier molecular flexibility index (Phi) is 5.09. The highest BCUT2D eigenvalue weighted by molar-refractivity contribution is 5.34. The SMILES string of the molecule is C[C@@H](c1cccc(C#N)c1)N1CCO[C@H](COCC2CC2)C1. The molecule has 1 saturated carbocycles. The summed E-state index contributed by atoms with van der Waals surface area (Å²) in [6.07, 6.45) is 2.81. The van der Waals surface area contributed by atoms with Crippen LogP contribution in [0.25, 0.3) is 0 Å². The molecule has 22 heavy (non-hydrogen) atoms. The summed E-state index contributed by atoms with van der Waals surface area (Å²) in [7, 11) is 0. The highest BCUT2D eigenvalue weighted by Crippen LogP contribution is 2.29. The Labute approximate surface area is 132 Å². The van der Waals surface area contributed by atoms with Crippen molar-refractivity contribution in [2.24, 2.45) is 5.92 Å². The maximum Gasteiger partial charge on any atom is 0.0991 e. The minimum absolute atomic E-state index is 0.161. The van der Waals surface area contributed by atoms with Gasteiger partial charge in [0.25, 0.3) is 0 Å². The van der Waals surface area contributed by atoms with E-state index in [4.69, 9.17) is 14.7 Å². The highest BCUT2D eigenvalue weighted by atomic mass is 16.5. The number of rotatable bonds is 6. The third-order valence-electron chi connectivity index (χ3n) is 4.57. The van der Waals surface area contributed by atoms with Gasteiger partial charge in [-0.15, -0.1) is 0 Å². The van der Waals surface area contributed by atoms with Crippen LogP contribution in [0.2, 0.25) is 0 Å². The van der Waals surface area contributed by atoms with Gasteiger partial charge in [-0.25, -0.2) is 0 Å². The predicted molar refractivity (Wildman–Crippen MR) is 84.4 cm³/mol. The summed E-state index contributed by atoms with van der Waals surface area (Å²) in [6.45, 7) is 6.35. The standard InChI is InChI=1S/C18H24N2O2/c1-14(17-4-2-3-16(9-17)10-19)20-7-8-22-18(11-20)13-21-12-15-5-6-15/h2-4,9,14-15,18H,5-8,11-13H2,1H3/t14-,18-/m0/s1. The average Bonchev–Trinajstić information content (AvgIpc) is 3.39. The van der Waals surface area contributed by atoms with Gasteiger partial charge in [-0.05, 0) is 43.4 Å². The van der Waals surface area contributed by atoms with Crippen LogP contribution in [-0.2, 0) is 9.47 Å². The van der Waals surface area contributed by atoms with Crippen LogP contribution in [0.3, 0.4) is 0 Å². The minimum atomic E-state index is 0.161. The summed E-state index contributed by atoms with van der Waals surface area (Å²) in [5.74, 6) is 0.798. The molecule has 1 aromatic rings. The van der Waals surface area contributed by atoms with Crippen molar-refractivity contribution in [3.63, 3.8) is 0 Å². The van der Waals surface area contributed by atoms with Gasteiger partial charge in [-0.2, -0.15) is 5.26 Å². The quantitative estimate of drug-likeness (QED) is 0.810. The number of morpholine rings is 1. The molecule has 2 atom stereocenters. The Morgan fingerprint density at radius 1 is 1.41 bits per heavy atom. The van der Waals surface area contributed by atoms with Crippen LogP contribution in [0.5, 0.6) is 0 Å². The van der Waals surface area contributed by atoms with E-state index in [0.29, 0.717) is 12.6 Å².